The maximum absolute atomic E-state index is 13.1. The van der Waals surface area contributed by atoms with Gasteiger partial charge in [-0.25, -0.2) is 4.98 Å². The molecule has 1 amide bonds. The van der Waals surface area contributed by atoms with Crippen LogP contribution in [0.25, 0.3) is 28.0 Å². The zero-order valence-corrected chi connectivity index (χ0v) is 23.6. The lowest BCUT2D eigenvalue weighted by molar-refractivity contribution is -0.384. The van der Waals surface area contributed by atoms with Crippen LogP contribution in [0.3, 0.4) is 0 Å². The third-order valence-electron chi connectivity index (χ3n) is 7.77. The second-order valence-electron chi connectivity index (χ2n) is 10.5. The lowest BCUT2D eigenvalue weighted by Crippen LogP contribution is -2.48. The summed E-state index contributed by atoms with van der Waals surface area (Å²) < 4.78 is 7.31. The van der Waals surface area contributed by atoms with E-state index in [0.717, 1.165) is 33.9 Å². The highest BCUT2D eigenvalue weighted by atomic mass is 16.6. The first-order chi connectivity index (χ1) is 20.4. The highest BCUT2D eigenvalue weighted by molar-refractivity contribution is 5.94. The molecular weight excluding hydrogens is 530 g/mol. The monoisotopic (exact) mass is 561 g/mol. The number of aryl methyl sites for hydroxylation is 1. The van der Waals surface area contributed by atoms with Gasteiger partial charge in [-0.05, 0) is 54.4 Å². The summed E-state index contributed by atoms with van der Waals surface area (Å²) >= 11 is 0. The smallest absolute Gasteiger partial charge is 0.270 e. The molecule has 6 rings (SSSR count). The first-order valence-electron chi connectivity index (χ1n) is 13.9. The lowest BCUT2D eigenvalue weighted by Gasteiger charge is -2.34. The van der Waals surface area contributed by atoms with Gasteiger partial charge in [0.05, 0.1) is 23.4 Å². The van der Waals surface area contributed by atoms with Crippen LogP contribution in [-0.2, 0) is 6.54 Å². The van der Waals surface area contributed by atoms with E-state index in [1.165, 1.54) is 11.6 Å². The van der Waals surface area contributed by atoms with Gasteiger partial charge in [-0.15, -0.1) is 0 Å². The predicted molar refractivity (Wildman–Crippen MR) is 162 cm³/mol. The average Bonchev–Trinajstić information content (AvgIpc) is 3.38. The van der Waals surface area contributed by atoms with Crippen LogP contribution in [0.2, 0.25) is 0 Å². The third-order valence-corrected chi connectivity index (χ3v) is 7.77. The summed E-state index contributed by atoms with van der Waals surface area (Å²) in [5.74, 6) is 0.724. The number of carbonyl (C=O) groups excluding carboxylic acids is 1. The normalized spacial score (nSPS) is 13.8. The van der Waals surface area contributed by atoms with Crippen LogP contribution < -0.4 is 4.74 Å². The summed E-state index contributed by atoms with van der Waals surface area (Å²) in [5, 5.41) is 11.5. The van der Waals surface area contributed by atoms with Gasteiger partial charge in [0, 0.05) is 62.2 Å². The van der Waals surface area contributed by atoms with Crippen LogP contribution in [0.4, 0.5) is 5.69 Å². The number of hydrogen-bond donors (Lipinski definition) is 0. The average molecular weight is 562 g/mol. The van der Waals surface area contributed by atoms with Crippen molar-refractivity contribution in [2.24, 2.45) is 0 Å². The number of piperazine rings is 1. The number of fused-ring (bicyclic) bond motifs is 1. The fourth-order valence-electron chi connectivity index (χ4n) is 5.47. The number of ether oxygens (including phenoxy) is 1. The van der Waals surface area contributed by atoms with Crippen LogP contribution in [0.5, 0.6) is 5.75 Å². The minimum atomic E-state index is -0.381. The zero-order chi connectivity index (χ0) is 29.2. The molecule has 3 aromatic carbocycles. The number of benzene rings is 3. The minimum Gasteiger partial charge on any atom is -0.497 e. The van der Waals surface area contributed by atoms with E-state index in [2.05, 4.69) is 46.7 Å². The number of hydrogen-bond acceptors (Lipinski definition) is 6. The Morgan fingerprint density at radius 3 is 2.36 bits per heavy atom. The summed E-state index contributed by atoms with van der Waals surface area (Å²) in [5.41, 5.74) is 7.17. The van der Waals surface area contributed by atoms with E-state index in [0.29, 0.717) is 43.9 Å². The van der Waals surface area contributed by atoms with Crippen molar-refractivity contribution in [3.8, 4) is 28.1 Å². The molecule has 42 heavy (non-hydrogen) atoms. The summed E-state index contributed by atoms with van der Waals surface area (Å²) in [6.07, 6.45) is 2.09. The number of carbonyl (C=O) groups is 1. The Bertz CT molecular complexity index is 1770. The fraction of sp³-hybridized carbons (Fsp3) is 0.212. The number of nitrogens with zero attached hydrogens (tertiary/aromatic N) is 5. The Balaban J connectivity index is 1.31. The summed E-state index contributed by atoms with van der Waals surface area (Å²) in [7, 11) is 1.60. The third kappa shape index (κ3) is 5.46. The molecule has 9 nitrogen and oxygen atoms in total. The van der Waals surface area contributed by atoms with Crippen molar-refractivity contribution in [1.29, 1.82) is 0 Å². The van der Waals surface area contributed by atoms with E-state index >= 15 is 0 Å². The van der Waals surface area contributed by atoms with Crippen molar-refractivity contribution in [2.75, 3.05) is 33.3 Å². The number of amides is 1. The SMILES string of the molecule is COc1ccc(C(=O)N2CCN(Cc3c(-c4cccc([N+](=O)[O-])c4)nc4ccc(-c5cccc(C)c5)cn34)CC2)cc1. The van der Waals surface area contributed by atoms with Crippen LogP contribution in [0.15, 0.2) is 91.1 Å². The molecule has 0 N–H and O–H groups in total. The van der Waals surface area contributed by atoms with Gasteiger partial charge in [0.25, 0.3) is 11.6 Å². The van der Waals surface area contributed by atoms with Crippen molar-refractivity contribution >= 4 is 17.2 Å². The van der Waals surface area contributed by atoms with Crippen LogP contribution in [-0.4, -0.2) is 63.3 Å². The van der Waals surface area contributed by atoms with Crippen molar-refractivity contribution in [2.45, 2.75) is 13.5 Å². The Labute approximate surface area is 243 Å². The van der Waals surface area contributed by atoms with Gasteiger partial charge in [0.2, 0.25) is 0 Å². The molecule has 2 aromatic heterocycles. The second-order valence-corrected chi connectivity index (χ2v) is 10.5. The van der Waals surface area contributed by atoms with Gasteiger partial charge >= 0.3 is 0 Å². The molecule has 0 unspecified atom stereocenters. The molecule has 3 heterocycles. The maximum atomic E-state index is 13.1. The molecule has 0 aliphatic carbocycles. The van der Waals surface area contributed by atoms with Crippen molar-refractivity contribution in [3.05, 3.63) is 118 Å². The molecule has 0 bridgehead atoms. The van der Waals surface area contributed by atoms with Crippen LogP contribution in [0, 0.1) is 17.0 Å². The molecule has 0 spiro atoms. The minimum absolute atomic E-state index is 0.00665. The molecule has 1 saturated heterocycles. The standard InChI is InChI=1S/C33H31N5O4/c1-23-5-3-6-25(19-23)27-11-14-31-34-32(26-7-4-8-28(20-26)38(40)41)30(37(31)21-27)22-35-15-17-36(18-16-35)33(39)24-9-12-29(42-2)13-10-24/h3-14,19-21H,15-18,22H2,1-2H3. The number of nitro benzene ring substituents is 1. The summed E-state index contributed by atoms with van der Waals surface area (Å²) in [6, 6.07) is 26.2. The van der Waals surface area contributed by atoms with E-state index in [1.54, 1.807) is 43.5 Å². The zero-order valence-electron chi connectivity index (χ0n) is 23.6. The first kappa shape index (κ1) is 27.2. The molecule has 1 aliphatic rings. The van der Waals surface area contributed by atoms with Gasteiger partial charge in [0.15, 0.2) is 0 Å². The van der Waals surface area contributed by atoms with Crippen molar-refractivity contribution in [3.63, 3.8) is 0 Å². The van der Waals surface area contributed by atoms with E-state index in [1.807, 2.05) is 23.1 Å². The van der Waals surface area contributed by atoms with Gasteiger partial charge in [-0.3, -0.25) is 19.8 Å². The topological polar surface area (TPSA) is 93.2 Å². The van der Waals surface area contributed by atoms with Crippen LogP contribution in [0.1, 0.15) is 21.6 Å². The molecular formula is C33H31N5O4. The largest absolute Gasteiger partial charge is 0.497 e. The van der Waals surface area contributed by atoms with E-state index < -0.39 is 0 Å². The molecule has 0 saturated carbocycles. The highest BCUT2D eigenvalue weighted by Crippen LogP contribution is 2.31. The number of pyridine rings is 1. The molecule has 212 valence electrons. The number of imidazole rings is 1. The van der Waals surface area contributed by atoms with Gasteiger partial charge in [-0.1, -0.05) is 42.0 Å². The Morgan fingerprint density at radius 2 is 1.64 bits per heavy atom. The summed E-state index contributed by atoms with van der Waals surface area (Å²) in [6.45, 7) is 5.25. The molecule has 1 fully saturated rings. The quantitative estimate of drug-likeness (QED) is 0.183. The fourth-order valence-corrected chi connectivity index (χ4v) is 5.47. The summed E-state index contributed by atoms with van der Waals surface area (Å²) in [4.78, 5) is 33.4. The highest BCUT2D eigenvalue weighted by Gasteiger charge is 2.25. The predicted octanol–water partition coefficient (Wildman–Crippen LogP) is 5.85. The van der Waals surface area contributed by atoms with E-state index in [4.69, 9.17) is 9.72 Å². The van der Waals surface area contributed by atoms with Crippen molar-refractivity contribution < 1.29 is 14.5 Å². The van der Waals surface area contributed by atoms with Gasteiger partial charge < -0.3 is 14.0 Å². The Morgan fingerprint density at radius 1 is 0.905 bits per heavy atom. The number of non-ortho nitro benzene ring substituents is 1. The van der Waals surface area contributed by atoms with Crippen molar-refractivity contribution in [1.82, 2.24) is 19.2 Å². The lowest BCUT2D eigenvalue weighted by atomic mass is 10.1. The molecule has 0 radical (unpaired) electrons. The number of methoxy groups -OCH3 is 1. The Hall–Kier alpha value is -5.02. The van der Waals surface area contributed by atoms with E-state index in [-0.39, 0.29) is 16.5 Å². The molecule has 9 heteroatoms. The molecule has 5 aromatic rings. The first-order valence-corrected chi connectivity index (χ1v) is 13.9. The number of rotatable bonds is 7. The Kier molecular flexibility index (Phi) is 7.41. The van der Waals surface area contributed by atoms with Gasteiger partial charge in [0.1, 0.15) is 11.4 Å². The molecule has 0 atom stereocenters. The second kappa shape index (κ2) is 11.5. The number of nitro groups is 1. The number of aromatic nitrogens is 2. The van der Waals surface area contributed by atoms with E-state index in [9.17, 15) is 14.9 Å². The molecule has 1 aliphatic heterocycles. The van der Waals surface area contributed by atoms with Gasteiger partial charge in [-0.2, -0.15) is 0 Å². The maximum Gasteiger partial charge on any atom is 0.270 e. The van der Waals surface area contributed by atoms with Crippen LogP contribution >= 0.6 is 0 Å².